The van der Waals surface area contributed by atoms with Crippen molar-refractivity contribution in [1.82, 2.24) is 0 Å². The van der Waals surface area contributed by atoms with Crippen LogP contribution in [-0.2, 0) is 5.72 Å². The zero-order valence-corrected chi connectivity index (χ0v) is 18.0. The molecule has 31 heavy (non-hydrogen) atoms. The van der Waals surface area contributed by atoms with Crippen molar-refractivity contribution in [3.63, 3.8) is 0 Å². The molecule has 0 bridgehead atoms. The smallest absolute Gasteiger partial charge is 0.271 e. The summed E-state index contributed by atoms with van der Waals surface area (Å²) in [5, 5.41) is 12.0. The van der Waals surface area contributed by atoms with Crippen LogP contribution in [0.15, 0.2) is 78.9 Å². The number of rotatable bonds is 4. The van der Waals surface area contributed by atoms with Crippen molar-refractivity contribution < 1.29 is 14.4 Å². The third-order valence-corrected chi connectivity index (χ3v) is 6.57. The van der Waals surface area contributed by atoms with Gasteiger partial charge >= 0.3 is 0 Å². The predicted molar refractivity (Wildman–Crippen MR) is 125 cm³/mol. The number of hydrogen-bond donors (Lipinski definition) is 1. The molecule has 1 N–H and O–H groups in total. The van der Waals surface area contributed by atoms with E-state index in [9.17, 15) is 5.11 Å². The van der Waals surface area contributed by atoms with Crippen molar-refractivity contribution in [2.45, 2.75) is 31.4 Å². The first kappa shape index (κ1) is 19.8. The Balaban J connectivity index is 1.52. The Morgan fingerprint density at radius 2 is 1.55 bits per heavy atom. The molecular weight excluding hydrogens is 384 g/mol. The maximum Gasteiger partial charge on any atom is 0.271 e. The summed E-state index contributed by atoms with van der Waals surface area (Å²) in [4.78, 5) is 2.29. The lowest BCUT2D eigenvalue weighted by Crippen LogP contribution is -2.41. The summed E-state index contributed by atoms with van der Waals surface area (Å²) in [6.07, 6.45) is 4.43. The molecule has 0 amide bonds. The number of β-amino-alcohol motifs (C(OH)–C–C–N with tert-alkyl or cyclic N) is 1. The molecule has 0 saturated heterocycles. The maximum absolute atomic E-state index is 12.0. The van der Waals surface area contributed by atoms with E-state index in [-0.39, 0.29) is 0 Å². The van der Waals surface area contributed by atoms with Gasteiger partial charge in [0.2, 0.25) is 0 Å². The maximum atomic E-state index is 12.0. The van der Waals surface area contributed by atoms with Crippen molar-refractivity contribution >= 4 is 11.5 Å². The molecule has 2 aliphatic heterocycles. The fourth-order valence-corrected chi connectivity index (χ4v) is 4.88. The van der Waals surface area contributed by atoms with Crippen molar-refractivity contribution in [2.75, 3.05) is 25.1 Å². The molecule has 2 aliphatic rings. The van der Waals surface area contributed by atoms with E-state index in [1.807, 2.05) is 18.2 Å². The molecule has 5 rings (SSSR count). The first-order chi connectivity index (χ1) is 15.2. The number of hydrogen-bond acceptors (Lipinski definition) is 3. The summed E-state index contributed by atoms with van der Waals surface area (Å²) in [5.74, 6) is 2.06. The molecule has 4 heteroatoms. The average Bonchev–Trinajstić information content (AvgIpc) is 2.97. The van der Waals surface area contributed by atoms with E-state index in [2.05, 4.69) is 70.1 Å². The van der Waals surface area contributed by atoms with E-state index in [0.29, 0.717) is 6.54 Å². The zero-order chi connectivity index (χ0) is 21.3. The highest BCUT2D eigenvalue weighted by atomic mass is 16.5. The molecule has 2 heterocycles. The highest BCUT2D eigenvalue weighted by Gasteiger charge is 2.51. The molecule has 3 aromatic rings. The highest BCUT2D eigenvalue weighted by molar-refractivity contribution is 5.96. The minimum atomic E-state index is -1.03. The van der Waals surface area contributed by atoms with Crippen LogP contribution in [0.3, 0.4) is 0 Å². The average molecular weight is 414 g/mol. The number of anilines is 1. The summed E-state index contributed by atoms with van der Waals surface area (Å²) in [6.45, 7) is 1.40. The minimum Gasteiger partial charge on any atom is -0.497 e. The molecule has 0 fully saturated rings. The lowest BCUT2D eigenvalue weighted by atomic mass is 9.98. The Kier molecular flexibility index (Phi) is 5.24. The van der Waals surface area contributed by atoms with Crippen LogP contribution in [-0.4, -0.2) is 35.7 Å². The molecule has 0 saturated carbocycles. The van der Waals surface area contributed by atoms with E-state index in [1.54, 1.807) is 7.11 Å². The summed E-state index contributed by atoms with van der Waals surface area (Å²) in [6, 6.07) is 26.9. The topological polar surface area (TPSA) is 35.7 Å². The second-order valence-corrected chi connectivity index (χ2v) is 8.42. The molecule has 3 aromatic carbocycles. The summed E-state index contributed by atoms with van der Waals surface area (Å²) in [7, 11) is 1.69. The van der Waals surface area contributed by atoms with E-state index in [4.69, 9.17) is 4.74 Å². The summed E-state index contributed by atoms with van der Waals surface area (Å²) in [5.41, 5.74) is 3.36. The number of ether oxygens (including phenoxy) is 1. The van der Waals surface area contributed by atoms with Crippen LogP contribution < -0.4 is 9.64 Å². The van der Waals surface area contributed by atoms with Crippen molar-refractivity contribution in [3.8, 4) is 16.9 Å². The lowest BCUT2D eigenvalue weighted by molar-refractivity contribution is -0.658. The normalized spacial score (nSPS) is 21.0. The van der Waals surface area contributed by atoms with Crippen LogP contribution in [0.4, 0.5) is 5.69 Å². The molecule has 0 radical (unpaired) electrons. The first-order valence-electron chi connectivity index (χ1n) is 11.1. The van der Waals surface area contributed by atoms with Crippen molar-refractivity contribution in [2.24, 2.45) is 0 Å². The first-order valence-corrected chi connectivity index (χ1v) is 11.1. The molecule has 0 unspecified atom stereocenters. The molecule has 158 valence electrons. The zero-order valence-electron chi connectivity index (χ0n) is 18.0. The summed E-state index contributed by atoms with van der Waals surface area (Å²) < 4.78 is 7.57. The second kappa shape index (κ2) is 8.20. The van der Waals surface area contributed by atoms with Gasteiger partial charge in [-0.15, -0.1) is 0 Å². The van der Waals surface area contributed by atoms with Gasteiger partial charge < -0.3 is 9.84 Å². The van der Waals surface area contributed by atoms with Gasteiger partial charge in [-0.05, 0) is 54.7 Å². The van der Waals surface area contributed by atoms with Crippen LogP contribution >= 0.6 is 0 Å². The molecule has 0 aliphatic carbocycles. The van der Waals surface area contributed by atoms with Gasteiger partial charge in [-0.25, -0.2) is 9.48 Å². The lowest BCUT2D eigenvalue weighted by Gasteiger charge is -2.24. The quantitative estimate of drug-likeness (QED) is 0.611. The van der Waals surface area contributed by atoms with Crippen LogP contribution in [0, 0.1) is 0 Å². The molecule has 0 spiro atoms. The van der Waals surface area contributed by atoms with Gasteiger partial charge in [0.25, 0.3) is 11.6 Å². The number of amidine groups is 1. The van der Waals surface area contributed by atoms with E-state index in [0.717, 1.165) is 48.4 Å². The second-order valence-electron chi connectivity index (χ2n) is 8.42. The minimum absolute atomic E-state index is 0.527. The fourth-order valence-electron chi connectivity index (χ4n) is 4.88. The van der Waals surface area contributed by atoms with Gasteiger partial charge in [0.1, 0.15) is 11.4 Å². The third kappa shape index (κ3) is 3.61. The van der Waals surface area contributed by atoms with Crippen molar-refractivity contribution in [3.05, 3.63) is 84.4 Å². The van der Waals surface area contributed by atoms with E-state index < -0.39 is 5.72 Å². The Labute approximate surface area is 184 Å². The molecule has 1 atom stereocenters. The largest absolute Gasteiger partial charge is 0.497 e. The predicted octanol–water partition coefficient (Wildman–Crippen LogP) is 5.01. The van der Waals surface area contributed by atoms with Gasteiger partial charge in [0.05, 0.1) is 13.7 Å². The number of benzene rings is 3. The SMILES string of the molecule is COc1ccc(N2C[C@@](O)(c3ccc(-c4ccccc4)cc3)[N+]3=C2CCCCC3)cc1. The van der Waals surface area contributed by atoms with Crippen LogP contribution in [0.1, 0.15) is 31.2 Å². The molecule has 4 nitrogen and oxygen atoms in total. The Bertz CT molecular complexity index is 1070. The number of aliphatic hydroxyl groups is 1. The number of nitrogens with zero attached hydrogens (tertiary/aromatic N) is 2. The van der Waals surface area contributed by atoms with E-state index >= 15 is 0 Å². The van der Waals surface area contributed by atoms with E-state index in [1.165, 1.54) is 17.8 Å². The Morgan fingerprint density at radius 1 is 0.839 bits per heavy atom. The summed E-state index contributed by atoms with van der Waals surface area (Å²) >= 11 is 0. The van der Waals surface area contributed by atoms with Gasteiger partial charge in [-0.1, -0.05) is 54.6 Å². The Morgan fingerprint density at radius 3 is 2.26 bits per heavy atom. The highest BCUT2D eigenvalue weighted by Crippen LogP contribution is 2.36. The van der Waals surface area contributed by atoms with Crippen LogP contribution in [0.2, 0.25) is 0 Å². The monoisotopic (exact) mass is 413 g/mol. The van der Waals surface area contributed by atoms with Crippen molar-refractivity contribution in [1.29, 1.82) is 0 Å². The fraction of sp³-hybridized carbons (Fsp3) is 0.296. The molecular formula is C27H29N2O2+. The third-order valence-electron chi connectivity index (χ3n) is 6.57. The van der Waals surface area contributed by atoms with Crippen LogP contribution in [0.25, 0.3) is 11.1 Å². The van der Waals surface area contributed by atoms with Gasteiger partial charge in [-0.3, -0.25) is 0 Å². The van der Waals surface area contributed by atoms with Crippen LogP contribution in [0.5, 0.6) is 5.75 Å². The Hall–Kier alpha value is -3.11. The van der Waals surface area contributed by atoms with Gasteiger partial charge in [0.15, 0.2) is 6.54 Å². The number of methoxy groups -OCH3 is 1. The molecule has 0 aromatic heterocycles. The van der Waals surface area contributed by atoms with Gasteiger partial charge in [0, 0.05) is 12.0 Å². The standard InChI is InChI=1S/C27H29N2O2/c1-31-25-17-15-24(16-18-25)28-20-27(30,29-19-7-3-6-10-26(28)29)23-13-11-22(12-14-23)21-8-4-2-5-9-21/h2,4-5,8-9,11-18,30H,3,6-7,10,19-20H2,1H3/q+1/t27-/m1/s1. The van der Waals surface area contributed by atoms with Gasteiger partial charge in [-0.2, -0.15) is 0 Å².